The molecule has 10 nitrogen and oxygen atoms in total. The quantitative estimate of drug-likeness (QED) is 0.420. The molecule has 11 heteroatoms. The van der Waals surface area contributed by atoms with Crippen LogP contribution in [0.2, 0.25) is 0 Å². The Bertz CT molecular complexity index is 1280. The summed E-state index contributed by atoms with van der Waals surface area (Å²) >= 11 is 0. The lowest BCUT2D eigenvalue weighted by atomic mass is 9.80. The van der Waals surface area contributed by atoms with Gasteiger partial charge in [0.25, 0.3) is 0 Å². The van der Waals surface area contributed by atoms with Crippen LogP contribution in [0.15, 0.2) is 48.5 Å². The van der Waals surface area contributed by atoms with Crippen molar-refractivity contribution in [3.05, 3.63) is 54.1 Å². The van der Waals surface area contributed by atoms with Gasteiger partial charge in [-0.15, -0.1) is 0 Å². The van der Waals surface area contributed by atoms with Gasteiger partial charge < -0.3 is 24.7 Å². The number of primary amides is 1. The molecule has 0 bridgehead atoms. The molecule has 3 rings (SSSR count). The maximum absolute atomic E-state index is 13.5. The van der Waals surface area contributed by atoms with Crippen molar-refractivity contribution in [3.8, 4) is 16.9 Å². The second kappa shape index (κ2) is 12.2. The minimum atomic E-state index is -3.61. The zero-order chi connectivity index (χ0) is 28.8. The average molecular weight is 561 g/mol. The zero-order valence-electron chi connectivity index (χ0n) is 22.7. The van der Waals surface area contributed by atoms with Crippen molar-refractivity contribution in [2.24, 2.45) is 11.7 Å². The number of nitrogens with two attached hydrogens (primary N) is 1. The molecule has 2 aromatic carbocycles. The summed E-state index contributed by atoms with van der Waals surface area (Å²) in [6, 6.07) is 14.0. The largest absolute Gasteiger partial charge is 0.444 e. The number of ketones is 1. The molecule has 0 spiro atoms. The molecular formula is C28H36N2O8S. The summed E-state index contributed by atoms with van der Waals surface area (Å²) in [5, 5.41) is 2.75. The fourth-order valence-corrected chi connectivity index (χ4v) is 4.84. The van der Waals surface area contributed by atoms with Gasteiger partial charge in [0.05, 0.1) is 6.26 Å². The predicted molar refractivity (Wildman–Crippen MR) is 146 cm³/mol. The van der Waals surface area contributed by atoms with Crippen LogP contribution in [0, 0.1) is 5.92 Å². The highest BCUT2D eigenvalue weighted by Crippen LogP contribution is 2.28. The third-order valence-electron chi connectivity index (χ3n) is 6.33. The van der Waals surface area contributed by atoms with Gasteiger partial charge in [-0.05, 0) is 56.0 Å². The number of amides is 2. The van der Waals surface area contributed by atoms with Gasteiger partial charge in [0, 0.05) is 38.4 Å². The van der Waals surface area contributed by atoms with Crippen LogP contribution in [-0.4, -0.2) is 56.8 Å². The van der Waals surface area contributed by atoms with E-state index >= 15 is 0 Å². The SMILES string of the molecule is CC(C)(C)OC(=O)NC1(C(=O)C[C@@H](Cc2ccc(-c3ccc(OS(C)(=O)=O)cc3)cc2)C(N)=O)CCOCC1. The van der Waals surface area contributed by atoms with E-state index in [1.807, 2.05) is 24.3 Å². The fraction of sp³-hybridized carbons (Fsp3) is 0.464. The smallest absolute Gasteiger partial charge is 0.408 e. The van der Waals surface area contributed by atoms with Crippen LogP contribution < -0.4 is 15.2 Å². The summed E-state index contributed by atoms with van der Waals surface area (Å²) in [6.45, 7) is 5.81. The molecule has 0 saturated carbocycles. The van der Waals surface area contributed by atoms with Crippen molar-refractivity contribution in [2.45, 2.75) is 57.6 Å². The summed E-state index contributed by atoms with van der Waals surface area (Å²) in [7, 11) is -3.61. The fourth-order valence-electron chi connectivity index (χ4n) is 4.38. The lowest BCUT2D eigenvalue weighted by Gasteiger charge is -2.37. The molecule has 0 aliphatic carbocycles. The number of Topliss-reactive ketones (excluding diaryl/α,β-unsaturated/α-hetero) is 1. The Hall–Kier alpha value is -3.44. The summed E-state index contributed by atoms with van der Waals surface area (Å²) in [4.78, 5) is 38.4. The summed E-state index contributed by atoms with van der Waals surface area (Å²) in [5.41, 5.74) is 6.30. The first-order valence-electron chi connectivity index (χ1n) is 12.7. The van der Waals surface area contributed by atoms with E-state index in [0.29, 0.717) is 13.2 Å². The number of benzene rings is 2. The van der Waals surface area contributed by atoms with E-state index in [9.17, 15) is 22.8 Å². The molecule has 0 aromatic heterocycles. The normalized spacial score (nSPS) is 16.1. The van der Waals surface area contributed by atoms with Gasteiger partial charge >= 0.3 is 16.2 Å². The Kier molecular flexibility index (Phi) is 9.39. The molecule has 1 aliphatic heterocycles. The van der Waals surface area contributed by atoms with Crippen molar-refractivity contribution in [3.63, 3.8) is 0 Å². The summed E-state index contributed by atoms with van der Waals surface area (Å²) in [6.07, 6.45) is 0.960. The molecule has 1 saturated heterocycles. The van der Waals surface area contributed by atoms with Crippen molar-refractivity contribution in [1.29, 1.82) is 0 Å². The van der Waals surface area contributed by atoms with Crippen LogP contribution in [0.1, 0.15) is 45.6 Å². The molecule has 0 radical (unpaired) electrons. The van der Waals surface area contributed by atoms with E-state index in [1.165, 1.54) is 0 Å². The summed E-state index contributed by atoms with van der Waals surface area (Å²) in [5.74, 6) is -1.44. The van der Waals surface area contributed by atoms with Gasteiger partial charge in [-0.3, -0.25) is 9.59 Å². The first-order valence-corrected chi connectivity index (χ1v) is 14.5. The topological polar surface area (TPSA) is 151 Å². The Labute approximate surface area is 229 Å². The van der Waals surface area contributed by atoms with Crippen LogP contribution in [0.4, 0.5) is 4.79 Å². The number of nitrogens with one attached hydrogen (secondary N) is 1. The number of hydrogen-bond donors (Lipinski definition) is 2. The van der Waals surface area contributed by atoms with E-state index in [0.717, 1.165) is 22.9 Å². The first kappa shape index (κ1) is 30.1. The third kappa shape index (κ3) is 9.07. The number of carbonyl (C=O) groups excluding carboxylic acids is 3. The number of carbonyl (C=O) groups is 3. The molecule has 3 N–H and O–H groups in total. The lowest BCUT2D eigenvalue weighted by Crippen LogP contribution is -2.58. The van der Waals surface area contributed by atoms with Crippen molar-refractivity contribution in [2.75, 3.05) is 19.5 Å². The van der Waals surface area contributed by atoms with Crippen molar-refractivity contribution in [1.82, 2.24) is 5.32 Å². The molecule has 1 fully saturated rings. The minimum Gasteiger partial charge on any atom is -0.444 e. The van der Waals surface area contributed by atoms with Crippen LogP contribution >= 0.6 is 0 Å². The van der Waals surface area contributed by atoms with Crippen LogP contribution in [0.5, 0.6) is 5.75 Å². The molecule has 0 unspecified atom stereocenters. The van der Waals surface area contributed by atoms with Gasteiger partial charge in [-0.1, -0.05) is 36.4 Å². The maximum atomic E-state index is 13.5. The second-order valence-electron chi connectivity index (χ2n) is 10.8. The molecule has 39 heavy (non-hydrogen) atoms. The molecule has 1 aliphatic rings. The Morgan fingerprint density at radius 1 is 1.00 bits per heavy atom. The average Bonchev–Trinajstić information content (AvgIpc) is 2.83. The number of ether oxygens (including phenoxy) is 2. The van der Waals surface area contributed by atoms with Crippen molar-refractivity contribution >= 4 is 27.9 Å². The van der Waals surface area contributed by atoms with E-state index in [-0.39, 0.29) is 37.2 Å². The highest BCUT2D eigenvalue weighted by molar-refractivity contribution is 7.86. The monoisotopic (exact) mass is 560 g/mol. The standard InChI is InChI=1S/C28H36N2O8S/c1-27(2,3)37-26(33)30-28(13-15-36-16-14-28)24(31)18-22(25(29)32)17-19-5-7-20(8-6-19)21-9-11-23(12-10-21)38-39(4,34)35/h5-12,22H,13-18H2,1-4H3,(H2,29,32)(H,30,33)/t22-/m1/s1. The van der Waals surface area contributed by atoms with E-state index in [2.05, 4.69) is 5.32 Å². The second-order valence-corrected chi connectivity index (χ2v) is 12.3. The van der Waals surface area contributed by atoms with E-state index < -0.39 is 39.2 Å². The third-order valence-corrected chi connectivity index (χ3v) is 6.82. The highest BCUT2D eigenvalue weighted by atomic mass is 32.2. The van der Waals surface area contributed by atoms with Gasteiger partial charge in [0.1, 0.15) is 16.9 Å². The van der Waals surface area contributed by atoms with Gasteiger partial charge in [-0.2, -0.15) is 8.42 Å². The van der Waals surface area contributed by atoms with Gasteiger partial charge in [0.2, 0.25) is 5.91 Å². The Balaban J connectivity index is 1.70. The zero-order valence-corrected chi connectivity index (χ0v) is 23.5. The highest BCUT2D eigenvalue weighted by Gasteiger charge is 2.43. The summed E-state index contributed by atoms with van der Waals surface area (Å²) < 4.78 is 38.2. The first-order chi connectivity index (χ1) is 18.2. The van der Waals surface area contributed by atoms with Crippen molar-refractivity contribution < 1.29 is 36.5 Å². The lowest BCUT2D eigenvalue weighted by molar-refractivity contribution is -0.133. The van der Waals surface area contributed by atoms with Crippen LogP contribution in [0.25, 0.3) is 11.1 Å². The number of rotatable bonds is 10. The van der Waals surface area contributed by atoms with Crippen LogP contribution in [-0.2, 0) is 35.6 Å². The number of alkyl carbamates (subject to hydrolysis) is 1. The predicted octanol–water partition coefficient (Wildman–Crippen LogP) is 3.37. The molecule has 2 aromatic rings. The minimum absolute atomic E-state index is 0.130. The molecule has 1 atom stereocenters. The van der Waals surface area contributed by atoms with E-state index in [4.69, 9.17) is 19.4 Å². The number of hydrogen-bond acceptors (Lipinski definition) is 8. The van der Waals surface area contributed by atoms with Gasteiger partial charge in [-0.25, -0.2) is 4.79 Å². The van der Waals surface area contributed by atoms with Gasteiger partial charge in [0.15, 0.2) is 5.78 Å². The van der Waals surface area contributed by atoms with E-state index in [1.54, 1.807) is 45.0 Å². The molecule has 2 amide bonds. The molecule has 212 valence electrons. The van der Waals surface area contributed by atoms with Crippen LogP contribution in [0.3, 0.4) is 0 Å². The molecule has 1 heterocycles. The Morgan fingerprint density at radius 3 is 2.03 bits per heavy atom. The maximum Gasteiger partial charge on any atom is 0.408 e. The molecular weight excluding hydrogens is 524 g/mol. The Morgan fingerprint density at radius 2 is 1.54 bits per heavy atom.